The summed E-state index contributed by atoms with van der Waals surface area (Å²) in [6.07, 6.45) is 8.12. The number of halogens is 1. The summed E-state index contributed by atoms with van der Waals surface area (Å²) in [7, 11) is 0. The third-order valence-electron chi connectivity index (χ3n) is 6.04. The van der Waals surface area contributed by atoms with E-state index in [-0.39, 0.29) is 29.6 Å². The second-order valence-electron chi connectivity index (χ2n) is 8.68. The maximum absolute atomic E-state index is 13.6. The third-order valence-corrected chi connectivity index (χ3v) is 6.96. The number of piperidine rings is 1. The van der Waals surface area contributed by atoms with Crippen LogP contribution in [0.25, 0.3) is 5.69 Å². The van der Waals surface area contributed by atoms with Gasteiger partial charge in [-0.05, 0) is 70.5 Å². The van der Waals surface area contributed by atoms with E-state index in [0.717, 1.165) is 37.4 Å². The molecule has 0 aliphatic carbocycles. The van der Waals surface area contributed by atoms with Crippen molar-refractivity contribution in [3.63, 3.8) is 0 Å². The van der Waals surface area contributed by atoms with Gasteiger partial charge in [0.25, 0.3) is 0 Å². The molecule has 1 aliphatic rings. The molecule has 2 unspecified atom stereocenters. The zero-order valence-electron chi connectivity index (χ0n) is 19.5. The first-order valence-electron chi connectivity index (χ1n) is 11.9. The second kappa shape index (κ2) is 12.3. The third kappa shape index (κ3) is 6.78. The van der Waals surface area contributed by atoms with Crippen LogP contribution >= 0.6 is 11.8 Å². The number of carbonyl (C=O) groups is 1. The molecule has 1 aromatic heterocycles. The van der Waals surface area contributed by atoms with E-state index < -0.39 is 0 Å². The quantitative estimate of drug-likeness (QED) is 0.371. The Hall–Kier alpha value is -1.93. The van der Waals surface area contributed by atoms with Gasteiger partial charge in [0.15, 0.2) is 11.0 Å². The fourth-order valence-electron chi connectivity index (χ4n) is 4.17. The molecule has 0 spiro atoms. The lowest BCUT2D eigenvalue weighted by Gasteiger charge is -2.31. The van der Waals surface area contributed by atoms with Crippen LogP contribution in [0.2, 0.25) is 0 Å². The van der Waals surface area contributed by atoms with E-state index in [1.807, 2.05) is 4.57 Å². The highest BCUT2D eigenvalue weighted by Crippen LogP contribution is 2.29. The van der Waals surface area contributed by atoms with Gasteiger partial charge in [0.05, 0.1) is 11.8 Å². The number of carbonyl (C=O) groups excluding carboxylic acids is 1. The minimum atomic E-state index is -0.280. The van der Waals surface area contributed by atoms with Gasteiger partial charge in [-0.1, -0.05) is 44.4 Å². The lowest BCUT2D eigenvalue weighted by molar-refractivity contribution is -0.119. The van der Waals surface area contributed by atoms with E-state index in [1.54, 1.807) is 12.1 Å². The van der Waals surface area contributed by atoms with Crippen molar-refractivity contribution in [1.29, 1.82) is 0 Å². The van der Waals surface area contributed by atoms with E-state index in [4.69, 9.17) is 0 Å². The number of rotatable bonds is 11. The zero-order chi connectivity index (χ0) is 22.9. The van der Waals surface area contributed by atoms with Gasteiger partial charge in [-0.3, -0.25) is 14.3 Å². The van der Waals surface area contributed by atoms with E-state index in [2.05, 4.69) is 41.2 Å². The highest BCUT2D eigenvalue weighted by atomic mass is 32.2. The van der Waals surface area contributed by atoms with Gasteiger partial charge in [-0.15, -0.1) is 10.2 Å². The minimum absolute atomic E-state index is 0.00159. The number of likely N-dealkylation sites (tertiary alicyclic amines) is 1. The fourth-order valence-corrected chi connectivity index (χ4v) is 4.94. The van der Waals surface area contributed by atoms with Crippen LogP contribution in [0.4, 0.5) is 4.39 Å². The molecule has 2 aromatic rings. The number of thioether (sulfide) groups is 1. The van der Waals surface area contributed by atoms with E-state index >= 15 is 0 Å². The monoisotopic (exact) mass is 461 g/mol. The molecule has 0 saturated carbocycles. The van der Waals surface area contributed by atoms with Gasteiger partial charge in [-0.25, -0.2) is 4.39 Å². The lowest BCUT2D eigenvalue weighted by atomic mass is 10.1. The van der Waals surface area contributed by atoms with Crippen LogP contribution in [0, 0.1) is 5.82 Å². The lowest BCUT2D eigenvalue weighted by Crippen LogP contribution is -2.34. The van der Waals surface area contributed by atoms with Crippen molar-refractivity contribution in [2.45, 2.75) is 83.0 Å². The van der Waals surface area contributed by atoms with E-state index in [1.165, 1.54) is 56.0 Å². The Morgan fingerprint density at radius 3 is 2.53 bits per heavy atom. The molecule has 1 fully saturated rings. The highest BCUT2D eigenvalue weighted by Gasteiger charge is 2.26. The van der Waals surface area contributed by atoms with Crippen LogP contribution in [-0.4, -0.2) is 50.5 Å². The average Bonchev–Trinajstić information content (AvgIpc) is 3.22. The molecule has 8 heteroatoms. The van der Waals surface area contributed by atoms with Crippen molar-refractivity contribution < 1.29 is 9.18 Å². The normalized spacial score (nSPS) is 16.6. The number of hydrogen-bond acceptors (Lipinski definition) is 5. The molecule has 2 heterocycles. The van der Waals surface area contributed by atoms with Gasteiger partial charge >= 0.3 is 0 Å². The van der Waals surface area contributed by atoms with Gasteiger partial charge < -0.3 is 5.32 Å². The van der Waals surface area contributed by atoms with Crippen molar-refractivity contribution in [2.75, 3.05) is 18.8 Å². The Labute approximate surface area is 195 Å². The number of nitrogens with zero attached hydrogens (tertiary/aromatic N) is 4. The van der Waals surface area contributed by atoms with Crippen LogP contribution in [0.5, 0.6) is 0 Å². The van der Waals surface area contributed by atoms with Crippen LogP contribution in [-0.2, 0) is 4.79 Å². The largest absolute Gasteiger partial charge is 0.353 e. The van der Waals surface area contributed by atoms with Crippen LogP contribution < -0.4 is 5.32 Å². The molecule has 0 radical (unpaired) electrons. The number of nitrogens with one attached hydrogen (secondary N) is 1. The number of aromatic nitrogens is 3. The summed E-state index contributed by atoms with van der Waals surface area (Å²) in [6.45, 7) is 8.46. The first-order chi connectivity index (χ1) is 15.5. The molecular formula is C24H36FN5OS. The molecule has 176 valence electrons. The highest BCUT2D eigenvalue weighted by molar-refractivity contribution is 7.99. The Morgan fingerprint density at radius 2 is 1.84 bits per heavy atom. The van der Waals surface area contributed by atoms with Crippen molar-refractivity contribution in [3.8, 4) is 5.69 Å². The minimum Gasteiger partial charge on any atom is -0.353 e. The average molecular weight is 462 g/mol. The Kier molecular flexibility index (Phi) is 9.53. The van der Waals surface area contributed by atoms with Crippen molar-refractivity contribution in [2.24, 2.45) is 0 Å². The second-order valence-corrected chi connectivity index (χ2v) is 9.62. The Balaban J connectivity index is 1.73. The van der Waals surface area contributed by atoms with E-state index in [0.29, 0.717) is 5.16 Å². The molecule has 1 amide bonds. The maximum Gasteiger partial charge on any atom is 0.230 e. The number of benzene rings is 1. The summed E-state index contributed by atoms with van der Waals surface area (Å²) < 4.78 is 15.5. The molecule has 3 rings (SSSR count). The summed E-state index contributed by atoms with van der Waals surface area (Å²) in [5.41, 5.74) is 0.811. The van der Waals surface area contributed by atoms with Crippen LogP contribution in [0.15, 0.2) is 29.4 Å². The smallest absolute Gasteiger partial charge is 0.230 e. The summed E-state index contributed by atoms with van der Waals surface area (Å²) in [5, 5.41) is 12.7. The summed E-state index contributed by atoms with van der Waals surface area (Å²) >= 11 is 1.37. The topological polar surface area (TPSA) is 63.1 Å². The molecule has 0 bridgehead atoms. The van der Waals surface area contributed by atoms with Crippen molar-refractivity contribution in [3.05, 3.63) is 35.9 Å². The molecule has 1 saturated heterocycles. The predicted octanol–water partition coefficient (Wildman–Crippen LogP) is 5.13. The van der Waals surface area contributed by atoms with Gasteiger partial charge in [0.2, 0.25) is 5.91 Å². The molecule has 1 aromatic carbocycles. The molecule has 1 aliphatic heterocycles. The van der Waals surface area contributed by atoms with Gasteiger partial charge in [0.1, 0.15) is 5.82 Å². The van der Waals surface area contributed by atoms with Crippen LogP contribution in [0.1, 0.15) is 77.6 Å². The predicted molar refractivity (Wildman–Crippen MR) is 128 cm³/mol. The van der Waals surface area contributed by atoms with Crippen LogP contribution in [0.3, 0.4) is 0 Å². The van der Waals surface area contributed by atoms with Crippen molar-refractivity contribution in [1.82, 2.24) is 25.0 Å². The summed E-state index contributed by atoms with van der Waals surface area (Å²) in [6, 6.07) is 6.64. The zero-order valence-corrected chi connectivity index (χ0v) is 20.3. The summed E-state index contributed by atoms with van der Waals surface area (Å²) in [5.74, 6) is 0.820. The van der Waals surface area contributed by atoms with E-state index in [9.17, 15) is 9.18 Å². The Bertz CT molecular complexity index is 851. The molecule has 6 nitrogen and oxygen atoms in total. The Morgan fingerprint density at radius 1 is 1.12 bits per heavy atom. The fraction of sp³-hybridized carbons (Fsp3) is 0.625. The number of hydrogen-bond donors (Lipinski definition) is 1. The molecule has 32 heavy (non-hydrogen) atoms. The first kappa shape index (κ1) is 24.7. The van der Waals surface area contributed by atoms with Gasteiger partial charge in [0, 0.05) is 11.7 Å². The first-order valence-corrected chi connectivity index (χ1v) is 12.9. The number of amides is 1. The maximum atomic E-state index is 13.6. The summed E-state index contributed by atoms with van der Waals surface area (Å²) in [4.78, 5) is 14.9. The number of unbranched alkanes of at least 4 members (excludes halogenated alkanes) is 2. The van der Waals surface area contributed by atoms with Gasteiger partial charge in [-0.2, -0.15) is 0 Å². The molecular weight excluding hydrogens is 425 g/mol. The standard InChI is InChI=1S/C24H36FN5OS/c1-4-5-7-10-18(2)26-22(31)17-32-24-28-27-23(19(3)29-15-8-6-9-16-29)30(24)21-13-11-20(25)12-14-21/h11-14,18-19H,4-10,15-17H2,1-3H3,(H,26,31). The molecule has 2 atom stereocenters. The molecule has 1 N–H and O–H groups in total. The van der Waals surface area contributed by atoms with Crippen molar-refractivity contribution >= 4 is 17.7 Å². The SMILES string of the molecule is CCCCCC(C)NC(=O)CSc1nnc(C(C)N2CCCCC2)n1-c1ccc(F)cc1.